The van der Waals surface area contributed by atoms with Crippen LogP contribution in [-0.4, -0.2) is 24.2 Å². The number of aromatic nitrogens is 1. The summed E-state index contributed by atoms with van der Waals surface area (Å²) in [5, 5.41) is 3.77. The lowest BCUT2D eigenvalue weighted by Gasteiger charge is -2.23. The van der Waals surface area contributed by atoms with Gasteiger partial charge in [-0.25, -0.2) is 4.98 Å². The average molecular weight is 213 g/mol. The Hall–Kier alpha value is -0.800. The van der Waals surface area contributed by atoms with Gasteiger partial charge in [0.2, 0.25) is 0 Å². The van der Waals surface area contributed by atoms with Gasteiger partial charge < -0.3 is 10.1 Å². The van der Waals surface area contributed by atoms with Crippen LogP contribution in [0.25, 0.3) is 0 Å². The number of pyridine rings is 1. The predicted octanol–water partition coefficient (Wildman–Crippen LogP) is 1.87. The van der Waals surface area contributed by atoms with E-state index in [4.69, 9.17) is 16.3 Å². The number of nitrogens with zero attached hydrogens (tertiary/aromatic N) is 1. The van der Waals surface area contributed by atoms with Crippen molar-refractivity contribution in [3.8, 4) is 5.75 Å². The lowest BCUT2D eigenvalue weighted by Crippen LogP contribution is -2.37. The second kappa shape index (κ2) is 4.62. The summed E-state index contributed by atoms with van der Waals surface area (Å²) in [6, 6.07) is 3.58. The molecule has 4 heteroatoms. The van der Waals surface area contributed by atoms with E-state index >= 15 is 0 Å². The van der Waals surface area contributed by atoms with Crippen LogP contribution in [0.5, 0.6) is 5.75 Å². The van der Waals surface area contributed by atoms with Crippen molar-refractivity contribution in [1.82, 2.24) is 10.3 Å². The highest BCUT2D eigenvalue weighted by atomic mass is 35.5. The first kappa shape index (κ1) is 9.74. The monoisotopic (exact) mass is 212 g/mol. The van der Waals surface area contributed by atoms with Gasteiger partial charge >= 0.3 is 0 Å². The van der Waals surface area contributed by atoms with E-state index in [1.54, 1.807) is 12.3 Å². The molecule has 14 heavy (non-hydrogen) atoms. The second-order valence-corrected chi connectivity index (χ2v) is 3.79. The molecule has 0 radical (unpaired) electrons. The van der Waals surface area contributed by atoms with Crippen molar-refractivity contribution < 1.29 is 4.74 Å². The van der Waals surface area contributed by atoms with Gasteiger partial charge in [-0.3, -0.25) is 0 Å². The van der Waals surface area contributed by atoms with Crippen LogP contribution in [0, 0.1) is 0 Å². The number of nitrogens with one attached hydrogen (secondary N) is 1. The first-order valence-corrected chi connectivity index (χ1v) is 5.21. The minimum atomic E-state index is 0.266. The molecule has 0 aliphatic carbocycles. The summed E-state index contributed by atoms with van der Waals surface area (Å²) >= 11 is 5.76. The van der Waals surface area contributed by atoms with Crippen LogP contribution in [0.4, 0.5) is 0 Å². The van der Waals surface area contributed by atoms with Crippen LogP contribution in [0.1, 0.15) is 12.8 Å². The quantitative estimate of drug-likeness (QED) is 0.760. The second-order valence-electron chi connectivity index (χ2n) is 3.40. The van der Waals surface area contributed by atoms with Gasteiger partial charge in [0.25, 0.3) is 0 Å². The number of halogens is 1. The molecule has 0 spiro atoms. The molecular weight excluding hydrogens is 200 g/mol. The highest BCUT2D eigenvalue weighted by molar-refractivity contribution is 6.29. The van der Waals surface area contributed by atoms with Crippen LogP contribution < -0.4 is 10.1 Å². The van der Waals surface area contributed by atoms with Crippen LogP contribution in [-0.2, 0) is 0 Å². The minimum absolute atomic E-state index is 0.266. The third-order valence-corrected chi connectivity index (χ3v) is 2.46. The fourth-order valence-electron chi connectivity index (χ4n) is 1.57. The summed E-state index contributed by atoms with van der Waals surface area (Å²) in [5.41, 5.74) is 0. The van der Waals surface area contributed by atoms with E-state index in [2.05, 4.69) is 10.3 Å². The molecule has 1 aliphatic heterocycles. The molecule has 1 unspecified atom stereocenters. The van der Waals surface area contributed by atoms with E-state index in [9.17, 15) is 0 Å². The molecule has 1 atom stereocenters. The molecule has 76 valence electrons. The minimum Gasteiger partial charge on any atom is -0.489 e. The molecule has 3 nitrogen and oxygen atoms in total. The Morgan fingerprint density at radius 3 is 3.21 bits per heavy atom. The lowest BCUT2D eigenvalue weighted by molar-refractivity contribution is 0.167. The number of hydrogen-bond acceptors (Lipinski definition) is 3. The number of piperidine rings is 1. The molecule has 0 bridgehead atoms. The van der Waals surface area contributed by atoms with Gasteiger partial charge in [0.05, 0.1) is 0 Å². The van der Waals surface area contributed by atoms with Gasteiger partial charge in [-0.1, -0.05) is 11.6 Å². The fraction of sp³-hybridized carbons (Fsp3) is 0.500. The zero-order valence-corrected chi connectivity index (χ0v) is 8.63. The summed E-state index contributed by atoms with van der Waals surface area (Å²) in [6.07, 6.45) is 4.20. The van der Waals surface area contributed by atoms with Gasteiger partial charge in [-0.15, -0.1) is 0 Å². The zero-order chi connectivity index (χ0) is 9.80. The third kappa shape index (κ3) is 2.59. The van der Waals surface area contributed by atoms with Crippen molar-refractivity contribution in [3.05, 3.63) is 23.5 Å². The summed E-state index contributed by atoms with van der Waals surface area (Å²) in [6.45, 7) is 2.01. The average Bonchev–Trinajstić information content (AvgIpc) is 2.19. The molecule has 1 aromatic heterocycles. The molecule has 1 saturated heterocycles. The SMILES string of the molecule is Clc1cc(OC2CCCNC2)ccn1. The molecule has 0 amide bonds. The van der Waals surface area contributed by atoms with Crippen molar-refractivity contribution in [1.29, 1.82) is 0 Å². The van der Waals surface area contributed by atoms with Gasteiger partial charge in [-0.05, 0) is 25.5 Å². The number of hydrogen-bond donors (Lipinski definition) is 1. The fourth-order valence-corrected chi connectivity index (χ4v) is 1.73. The van der Waals surface area contributed by atoms with E-state index in [0.29, 0.717) is 5.15 Å². The van der Waals surface area contributed by atoms with Gasteiger partial charge in [0.1, 0.15) is 17.0 Å². The topological polar surface area (TPSA) is 34.1 Å². The summed E-state index contributed by atoms with van der Waals surface area (Å²) in [7, 11) is 0. The van der Waals surface area contributed by atoms with Crippen LogP contribution in [0.15, 0.2) is 18.3 Å². The van der Waals surface area contributed by atoms with Crippen molar-refractivity contribution in [2.45, 2.75) is 18.9 Å². The molecule has 1 aromatic rings. The molecule has 0 aromatic carbocycles. The summed E-state index contributed by atoms with van der Waals surface area (Å²) < 4.78 is 5.75. The maximum atomic E-state index is 5.76. The van der Waals surface area contributed by atoms with Crippen molar-refractivity contribution in [2.24, 2.45) is 0 Å². The Labute approximate surface area is 88.4 Å². The van der Waals surface area contributed by atoms with Gasteiger partial charge in [0, 0.05) is 18.8 Å². The zero-order valence-electron chi connectivity index (χ0n) is 7.87. The normalized spacial score (nSPS) is 21.9. The lowest BCUT2D eigenvalue weighted by atomic mass is 10.1. The molecule has 1 fully saturated rings. The predicted molar refractivity (Wildman–Crippen MR) is 55.8 cm³/mol. The Balaban J connectivity index is 1.95. The van der Waals surface area contributed by atoms with Crippen molar-refractivity contribution >= 4 is 11.6 Å². The Morgan fingerprint density at radius 2 is 2.50 bits per heavy atom. The van der Waals surface area contributed by atoms with E-state index in [1.807, 2.05) is 6.07 Å². The Morgan fingerprint density at radius 1 is 1.57 bits per heavy atom. The molecular formula is C10H13ClN2O. The number of rotatable bonds is 2. The van der Waals surface area contributed by atoms with Crippen LogP contribution >= 0.6 is 11.6 Å². The molecule has 2 rings (SSSR count). The maximum absolute atomic E-state index is 5.76. The summed E-state index contributed by atoms with van der Waals surface area (Å²) in [5.74, 6) is 0.804. The smallest absolute Gasteiger partial charge is 0.132 e. The third-order valence-electron chi connectivity index (χ3n) is 2.25. The molecule has 1 aliphatic rings. The largest absolute Gasteiger partial charge is 0.489 e. The maximum Gasteiger partial charge on any atom is 0.132 e. The first-order chi connectivity index (χ1) is 6.84. The Kier molecular flexibility index (Phi) is 3.22. The van der Waals surface area contributed by atoms with Crippen molar-refractivity contribution in [2.75, 3.05) is 13.1 Å². The van der Waals surface area contributed by atoms with E-state index < -0.39 is 0 Å². The molecule has 0 saturated carbocycles. The first-order valence-electron chi connectivity index (χ1n) is 4.83. The van der Waals surface area contributed by atoms with Crippen molar-refractivity contribution in [3.63, 3.8) is 0 Å². The summed E-state index contributed by atoms with van der Waals surface area (Å²) in [4.78, 5) is 3.90. The highest BCUT2D eigenvalue weighted by Gasteiger charge is 2.14. The van der Waals surface area contributed by atoms with E-state index in [0.717, 1.165) is 25.3 Å². The van der Waals surface area contributed by atoms with Gasteiger partial charge in [-0.2, -0.15) is 0 Å². The Bertz CT molecular complexity index is 300. The van der Waals surface area contributed by atoms with E-state index in [1.165, 1.54) is 6.42 Å². The van der Waals surface area contributed by atoms with Gasteiger partial charge in [0.15, 0.2) is 0 Å². The highest BCUT2D eigenvalue weighted by Crippen LogP contribution is 2.18. The van der Waals surface area contributed by atoms with Crippen LogP contribution in [0.3, 0.4) is 0 Å². The van der Waals surface area contributed by atoms with Crippen LogP contribution in [0.2, 0.25) is 5.15 Å². The molecule has 1 N–H and O–H groups in total. The molecule has 2 heterocycles. The number of ether oxygens (including phenoxy) is 1. The van der Waals surface area contributed by atoms with E-state index in [-0.39, 0.29) is 6.10 Å². The standard InChI is InChI=1S/C10H13ClN2O/c11-10-6-8(3-5-13-10)14-9-2-1-4-12-7-9/h3,5-6,9,12H,1-2,4,7H2.